The third-order valence-corrected chi connectivity index (χ3v) is 8.28. The molecule has 196 valence electrons. The van der Waals surface area contributed by atoms with Crippen molar-refractivity contribution in [1.29, 1.82) is 0 Å². The molecule has 2 heterocycles. The SMILES string of the molecule is CCOC(=O)N1CCC(n2c(C3CC3)nc3ccc(C(c4ccc(Cl)cc4)c4ccc(Cl)cc4)cc32)CC1. The van der Waals surface area contributed by atoms with Gasteiger partial charge in [0.2, 0.25) is 0 Å². The fourth-order valence-corrected chi connectivity index (χ4v) is 5.98. The quantitative estimate of drug-likeness (QED) is 0.228. The molecule has 0 radical (unpaired) electrons. The molecule has 1 amide bonds. The number of halogens is 2. The Morgan fingerprint density at radius 1 is 0.895 bits per heavy atom. The number of fused-ring (bicyclic) bond motifs is 1. The lowest BCUT2D eigenvalue weighted by Crippen LogP contribution is -2.39. The summed E-state index contributed by atoms with van der Waals surface area (Å²) < 4.78 is 7.73. The van der Waals surface area contributed by atoms with Crippen molar-refractivity contribution in [3.63, 3.8) is 0 Å². The predicted molar refractivity (Wildman–Crippen MR) is 152 cm³/mol. The topological polar surface area (TPSA) is 47.4 Å². The summed E-state index contributed by atoms with van der Waals surface area (Å²) in [7, 11) is 0. The maximum atomic E-state index is 12.3. The summed E-state index contributed by atoms with van der Waals surface area (Å²) in [5.41, 5.74) is 5.76. The Bertz CT molecular complexity index is 1390. The largest absolute Gasteiger partial charge is 0.450 e. The number of amides is 1. The van der Waals surface area contributed by atoms with Crippen LogP contribution in [0.1, 0.15) is 73.0 Å². The second kappa shape index (κ2) is 10.6. The van der Waals surface area contributed by atoms with Gasteiger partial charge in [-0.1, -0.05) is 53.5 Å². The fourth-order valence-electron chi connectivity index (χ4n) is 5.73. The molecule has 5 nitrogen and oxygen atoms in total. The molecule has 1 saturated carbocycles. The van der Waals surface area contributed by atoms with E-state index >= 15 is 0 Å². The van der Waals surface area contributed by atoms with Crippen LogP contribution in [0.4, 0.5) is 4.79 Å². The molecule has 6 rings (SSSR count). The van der Waals surface area contributed by atoms with Crippen LogP contribution in [-0.4, -0.2) is 40.2 Å². The Morgan fingerprint density at radius 3 is 2.03 bits per heavy atom. The molecular weight excluding hydrogens is 517 g/mol. The summed E-state index contributed by atoms with van der Waals surface area (Å²) in [6.07, 6.45) is 3.96. The van der Waals surface area contributed by atoms with E-state index < -0.39 is 0 Å². The van der Waals surface area contributed by atoms with Crippen LogP contribution < -0.4 is 0 Å². The number of piperidine rings is 1. The van der Waals surface area contributed by atoms with Crippen molar-refractivity contribution in [2.24, 2.45) is 0 Å². The molecule has 0 bridgehead atoms. The zero-order valence-electron chi connectivity index (χ0n) is 21.4. The van der Waals surface area contributed by atoms with E-state index in [0.717, 1.165) is 28.4 Å². The number of rotatable bonds is 6. The number of benzene rings is 3. The monoisotopic (exact) mass is 547 g/mol. The molecule has 38 heavy (non-hydrogen) atoms. The Balaban J connectivity index is 1.41. The van der Waals surface area contributed by atoms with Crippen molar-refractivity contribution >= 4 is 40.3 Å². The Kier molecular flexibility index (Phi) is 7.07. The standard InChI is InChI=1S/C31H31Cl2N3O2/c1-2-38-31(37)35-17-15-26(16-18-35)36-28-19-23(9-14-27(28)34-30(36)22-3-4-22)29(20-5-10-24(32)11-6-20)21-7-12-25(33)13-8-21/h5-14,19,22,26,29H,2-4,15-18H2,1H3. The van der Waals surface area contributed by atoms with Gasteiger partial charge in [0.25, 0.3) is 0 Å². The van der Waals surface area contributed by atoms with Gasteiger partial charge >= 0.3 is 6.09 Å². The molecule has 2 aliphatic rings. The molecule has 2 fully saturated rings. The first-order valence-electron chi connectivity index (χ1n) is 13.5. The molecule has 1 aliphatic carbocycles. The van der Waals surface area contributed by atoms with Crippen LogP contribution in [0.15, 0.2) is 66.7 Å². The number of likely N-dealkylation sites (tertiary alicyclic amines) is 1. The van der Waals surface area contributed by atoms with Crippen LogP contribution in [-0.2, 0) is 4.74 Å². The summed E-state index contributed by atoms with van der Waals surface area (Å²) in [4.78, 5) is 19.2. The molecule has 0 N–H and O–H groups in total. The van der Waals surface area contributed by atoms with Crippen molar-refractivity contribution in [2.75, 3.05) is 19.7 Å². The lowest BCUT2D eigenvalue weighted by atomic mass is 9.85. The lowest BCUT2D eigenvalue weighted by molar-refractivity contribution is 0.0928. The Labute approximate surface area is 233 Å². The van der Waals surface area contributed by atoms with Gasteiger partial charge in [-0.05, 0) is 85.7 Å². The van der Waals surface area contributed by atoms with Crippen molar-refractivity contribution in [3.05, 3.63) is 99.3 Å². The zero-order valence-corrected chi connectivity index (χ0v) is 23.0. The lowest BCUT2D eigenvalue weighted by Gasteiger charge is -2.33. The van der Waals surface area contributed by atoms with Crippen LogP contribution in [0, 0.1) is 0 Å². The van der Waals surface area contributed by atoms with Crippen molar-refractivity contribution < 1.29 is 9.53 Å². The van der Waals surface area contributed by atoms with E-state index in [2.05, 4.69) is 47.0 Å². The van der Waals surface area contributed by atoms with Crippen LogP contribution in [0.25, 0.3) is 11.0 Å². The van der Waals surface area contributed by atoms with Gasteiger partial charge in [0, 0.05) is 41.0 Å². The number of nitrogens with zero attached hydrogens (tertiary/aromatic N) is 3. The molecule has 0 unspecified atom stereocenters. The first-order valence-corrected chi connectivity index (χ1v) is 14.2. The van der Waals surface area contributed by atoms with Gasteiger partial charge in [0.15, 0.2) is 0 Å². The number of carbonyl (C=O) groups is 1. The third kappa shape index (κ3) is 5.02. The van der Waals surface area contributed by atoms with Gasteiger partial charge in [0.1, 0.15) is 5.82 Å². The molecule has 0 atom stereocenters. The molecule has 1 aromatic heterocycles. The van der Waals surface area contributed by atoms with E-state index in [1.54, 1.807) is 0 Å². The number of carbonyl (C=O) groups excluding carboxylic acids is 1. The van der Waals surface area contributed by atoms with E-state index in [4.69, 9.17) is 32.9 Å². The average Bonchev–Trinajstić information content (AvgIpc) is 3.71. The van der Waals surface area contributed by atoms with Crippen LogP contribution >= 0.6 is 23.2 Å². The van der Waals surface area contributed by atoms with E-state index in [1.165, 1.54) is 40.9 Å². The first-order chi connectivity index (χ1) is 18.5. The minimum absolute atomic E-state index is 0.0346. The molecule has 0 spiro atoms. The average molecular weight is 549 g/mol. The van der Waals surface area contributed by atoms with E-state index in [0.29, 0.717) is 31.7 Å². The highest BCUT2D eigenvalue weighted by Crippen LogP contribution is 2.44. The number of hydrogen-bond acceptors (Lipinski definition) is 3. The second-order valence-corrected chi connectivity index (χ2v) is 11.2. The van der Waals surface area contributed by atoms with Gasteiger partial charge in [-0.25, -0.2) is 9.78 Å². The van der Waals surface area contributed by atoms with Crippen molar-refractivity contribution in [3.8, 4) is 0 Å². The second-order valence-electron chi connectivity index (χ2n) is 10.3. The van der Waals surface area contributed by atoms with Crippen molar-refractivity contribution in [1.82, 2.24) is 14.5 Å². The third-order valence-electron chi connectivity index (χ3n) is 7.78. The Morgan fingerprint density at radius 2 is 1.47 bits per heavy atom. The van der Waals surface area contributed by atoms with Crippen LogP contribution in [0.2, 0.25) is 10.0 Å². The number of aromatic nitrogens is 2. The van der Waals surface area contributed by atoms with Gasteiger partial charge in [-0.2, -0.15) is 0 Å². The molecule has 7 heteroatoms. The molecular formula is C31H31Cl2N3O2. The summed E-state index contributed by atoms with van der Waals surface area (Å²) in [5.74, 6) is 1.76. The molecule has 4 aromatic rings. The number of ether oxygens (including phenoxy) is 1. The van der Waals surface area contributed by atoms with Crippen molar-refractivity contribution in [2.45, 2.75) is 50.5 Å². The maximum Gasteiger partial charge on any atom is 0.409 e. The molecule has 3 aromatic carbocycles. The summed E-state index contributed by atoms with van der Waals surface area (Å²) >= 11 is 12.5. The summed E-state index contributed by atoms with van der Waals surface area (Å²) in [6, 6.07) is 23.2. The smallest absolute Gasteiger partial charge is 0.409 e. The maximum absolute atomic E-state index is 12.3. The number of hydrogen-bond donors (Lipinski definition) is 0. The minimum atomic E-state index is -0.208. The van der Waals surface area contributed by atoms with Gasteiger partial charge in [-0.3, -0.25) is 0 Å². The van der Waals surface area contributed by atoms with Crippen LogP contribution in [0.3, 0.4) is 0 Å². The predicted octanol–water partition coefficient (Wildman–Crippen LogP) is 8.19. The van der Waals surface area contributed by atoms with Gasteiger partial charge in [-0.15, -0.1) is 0 Å². The van der Waals surface area contributed by atoms with Gasteiger partial charge in [0.05, 0.1) is 17.6 Å². The normalized spacial score (nSPS) is 16.4. The minimum Gasteiger partial charge on any atom is -0.450 e. The Hall–Kier alpha value is -3.02. The molecule has 1 aliphatic heterocycles. The first kappa shape index (κ1) is 25.3. The van der Waals surface area contributed by atoms with Crippen LogP contribution in [0.5, 0.6) is 0 Å². The number of imidazole rings is 1. The highest BCUT2D eigenvalue weighted by atomic mass is 35.5. The zero-order chi connectivity index (χ0) is 26.2. The molecule has 1 saturated heterocycles. The van der Waals surface area contributed by atoms with E-state index in [1.807, 2.05) is 36.1 Å². The summed E-state index contributed by atoms with van der Waals surface area (Å²) in [6.45, 7) is 3.65. The van der Waals surface area contributed by atoms with E-state index in [9.17, 15) is 4.79 Å². The highest BCUT2D eigenvalue weighted by molar-refractivity contribution is 6.30. The van der Waals surface area contributed by atoms with E-state index in [-0.39, 0.29) is 12.0 Å². The summed E-state index contributed by atoms with van der Waals surface area (Å²) in [5, 5.41) is 1.45. The fraction of sp³-hybridized carbons (Fsp3) is 0.355. The highest BCUT2D eigenvalue weighted by Gasteiger charge is 2.34. The van der Waals surface area contributed by atoms with Gasteiger partial charge < -0.3 is 14.2 Å².